The highest BCUT2D eigenvalue weighted by Gasteiger charge is 2.43. The molecule has 0 aromatic heterocycles. The topological polar surface area (TPSA) is 35.5 Å². The summed E-state index contributed by atoms with van der Waals surface area (Å²) in [4.78, 5) is 12.4. The fourth-order valence-electron chi connectivity index (χ4n) is 3.47. The fourth-order valence-corrected chi connectivity index (χ4v) is 3.47. The molecule has 0 N–H and O–H groups in total. The molecule has 0 radical (unpaired) electrons. The van der Waals surface area contributed by atoms with Gasteiger partial charge in [0, 0.05) is 0 Å². The molecule has 1 heterocycles. The highest BCUT2D eigenvalue weighted by molar-refractivity contribution is 6.00. The Hall–Kier alpha value is -1.51. The van der Waals surface area contributed by atoms with Gasteiger partial charge in [-0.3, -0.25) is 4.79 Å². The first kappa shape index (κ1) is 12.5. The van der Waals surface area contributed by atoms with Gasteiger partial charge in [0.05, 0.1) is 19.1 Å². The van der Waals surface area contributed by atoms with Gasteiger partial charge in [-0.05, 0) is 43.4 Å². The number of hydrogen-bond acceptors (Lipinski definition) is 3. The number of hydrogen-bond donors (Lipinski definition) is 0. The lowest BCUT2D eigenvalue weighted by atomic mass is 9.74. The molecule has 0 bridgehead atoms. The third-order valence-electron chi connectivity index (χ3n) is 4.35. The first-order valence-corrected chi connectivity index (χ1v) is 7.02. The number of carbonyl (C=O) groups excluding carboxylic acids is 1. The Bertz CT molecular complexity index is 509. The van der Waals surface area contributed by atoms with Gasteiger partial charge in [-0.25, -0.2) is 0 Å². The molecule has 2 atom stereocenters. The first-order valence-electron chi connectivity index (χ1n) is 7.02. The number of ketones is 1. The van der Waals surface area contributed by atoms with Crippen molar-refractivity contribution in [2.45, 2.75) is 44.6 Å². The highest BCUT2D eigenvalue weighted by Crippen LogP contribution is 2.44. The Morgan fingerprint density at radius 1 is 1.42 bits per heavy atom. The maximum Gasteiger partial charge on any atom is 0.170 e. The Labute approximate surface area is 113 Å². The van der Waals surface area contributed by atoms with Crippen LogP contribution in [0.25, 0.3) is 0 Å². The van der Waals surface area contributed by atoms with Gasteiger partial charge in [-0.15, -0.1) is 0 Å². The molecule has 0 amide bonds. The third-order valence-corrected chi connectivity index (χ3v) is 4.35. The van der Waals surface area contributed by atoms with E-state index in [1.54, 1.807) is 13.2 Å². The van der Waals surface area contributed by atoms with E-state index in [0.29, 0.717) is 23.7 Å². The van der Waals surface area contributed by atoms with Crippen molar-refractivity contribution in [2.24, 2.45) is 5.92 Å². The Balaban J connectivity index is 1.94. The minimum Gasteiger partial charge on any atom is -0.497 e. The lowest BCUT2D eigenvalue weighted by Crippen LogP contribution is -2.45. The molecule has 1 aromatic carbocycles. The van der Waals surface area contributed by atoms with E-state index in [0.717, 1.165) is 25.0 Å². The van der Waals surface area contributed by atoms with E-state index in [4.69, 9.17) is 9.47 Å². The zero-order valence-corrected chi connectivity index (χ0v) is 11.6. The largest absolute Gasteiger partial charge is 0.497 e. The molecule has 1 aromatic rings. The Morgan fingerprint density at radius 2 is 2.26 bits per heavy atom. The van der Waals surface area contributed by atoms with Crippen LogP contribution < -0.4 is 9.47 Å². The molecule has 0 saturated heterocycles. The molecule has 1 fully saturated rings. The minimum atomic E-state index is -0.254. The van der Waals surface area contributed by atoms with Crippen LogP contribution in [-0.4, -0.2) is 18.5 Å². The van der Waals surface area contributed by atoms with Crippen LogP contribution in [-0.2, 0) is 0 Å². The predicted octanol–water partition coefficient (Wildman–Crippen LogP) is 3.61. The highest BCUT2D eigenvalue weighted by atomic mass is 16.5. The van der Waals surface area contributed by atoms with Crippen LogP contribution in [0.4, 0.5) is 0 Å². The molecule has 1 saturated carbocycles. The average molecular weight is 260 g/mol. The molecule has 2 unspecified atom stereocenters. The van der Waals surface area contributed by atoms with Gasteiger partial charge in [0.2, 0.25) is 0 Å². The molecular weight excluding hydrogens is 240 g/mol. The summed E-state index contributed by atoms with van der Waals surface area (Å²) in [6, 6.07) is 5.51. The van der Waals surface area contributed by atoms with Crippen LogP contribution in [0.5, 0.6) is 11.5 Å². The number of benzene rings is 1. The van der Waals surface area contributed by atoms with Crippen molar-refractivity contribution in [1.82, 2.24) is 0 Å². The monoisotopic (exact) mass is 260 g/mol. The van der Waals surface area contributed by atoms with Crippen molar-refractivity contribution in [1.29, 1.82) is 0 Å². The summed E-state index contributed by atoms with van der Waals surface area (Å²) in [7, 11) is 1.61. The summed E-state index contributed by atoms with van der Waals surface area (Å²) in [5.41, 5.74) is 0.416. The number of ether oxygens (including phenoxy) is 2. The summed E-state index contributed by atoms with van der Waals surface area (Å²) in [6.45, 7) is 2.25. The summed E-state index contributed by atoms with van der Waals surface area (Å²) in [6.07, 6.45) is 4.89. The molecule has 1 spiro atoms. The molecule has 3 nitrogen and oxygen atoms in total. The van der Waals surface area contributed by atoms with Crippen molar-refractivity contribution in [3.63, 3.8) is 0 Å². The SMILES string of the molecule is COc1ccc2c(c1)C(=O)CC1(CCCC(C)C1)O2. The van der Waals surface area contributed by atoms with Gasteiger partial charge in [0.15, 0.2) is 5.78 Å². The summed E-state index contributed by atoms with van der Waals surface area (Å²) in [5, 5.41) is 0. The zero-order valence-electron chi connectivity index (χ0n) is 11.6. The standard InChI is InChI=1S/C16H20O3/c1-11-4-3-7-16(9-11)10-14(17)13-8-12(18-2)5-6-15(13)19-16/h5-6,8,11H,3-4,7,9-10H2,1-2H3. The number of Topliss-reactive ketones (excluding diaryl/α,β-unsaturated/α-hetero) is 1. The molecule has 102 valence electrons. The van der Waals surface area contributed by atoms with Gasteiger partial charge in [0.1, 0.15) is 17.1 Å². The summed E-state index contributed by atoms with van der Waals surface area (Å²) in [5.74, 6) is 2.27. The lowest BCUT2D eigenvalue weighted by Gasteiger charge is -2.42. The molecule has 2 aliphatic rings. The van der Waals surface area contributed by atoms with E-state index in [2.05, 4.69) is 6.92 Å². The molecule has 3 heteroatoms. The number of carbonyl (C=O) groups is 1. The third kappa shape index (κ3) is 2.22. The first-order chi connectivity index (χ1) is 9.12. The Kier molecular flexibility index (Phi) is 3.00. The van der Waals surface area contributed by atoms with E-state index in [-0.39, 0.29) is 11.4 Å². The zero-order chi connectivity index (χ0) is 13.5. The number of fused-ring (bicyclic) bond motifs is 1. The van der Waals surface area contributed by atoms with Gasteiger partial charge < -0.3 is 9.47 Å². The second-order valence-corrected chi connectivity index (χ2v) is 5.95. The van der Waals surface area contributed by atoms with Crippen LogP contribution in [0.3, 0.4) is 0 Å². The molecular formula is C16H20O3. The molecule has 19 heavy (non-hydrogen) atoms. The number of methoxy groups -OCH3 is 1. The van der Waals surface area contributed by atoms with Crippen LogP contribution in [0.15, 0.2) is 18.2 Å². The second kappa shape index (κ2) is 4.55. The minimum absolute atomic E-state index is 0.189. The van der Waals surface area contributed by atoms with E-state index in [1.165, 1.54) is 6.42 Å². The smallest absolute Gasteiger partial charge is 0.170 e. The maximum atomic E-state index is 12.4. The van der Waals surface area contributed by atoms with Crippen LogP contribution in [0.1, 0.15) is 49.4 Å². The van der Waals surface area contributed by atoms with E-state index < -0.39 is 0 Å². The Morgan fingerprint density at radius 3 is 3.00 bits per heavy atom. The van der Waals surface area contributed by atoms with E-state index in [9.17, 15) is 4.79 Å². The van der Waals surface area contributed by atoms with Crippen molar-refractivity contribution in [3.8, 4) is 11.5 Å². The van der Waals surface area contributed by atoms with E-state index >= 15 is 0 Å². The predicted molar refractivity (Wildman–Crippen MR) is 72.9 cm³/mol. The summed E-state index contributed by atoms with van der Waals surface area (Å²) < 4.78 is 11.4. The van der Waals surface area contributed by atoms with Crippen molar-refractivity contribution in [2.75, 3.05) is 7.11 Å². The van der Waals surface area contributed by atoms with Gasteiger partial charge >= 0.3 is 0 Å². The van der Waals surface area contributed by atoms with Crippen molar-refractivity contribution in [3.05, 3.63) is 23.8 Å². The average Bonchev–Trinajstić information content (AvgIpc) is 2.38. The van der Waals surface area contributed by atoms with Gasteiger partial charge in [-0.1, -0.05) is 13.3 Å². The van der Waals surface area contributed by atoms with Crippen LogP contribution >= 0.6 is 0 Å². The van der Waals surface area contributed by atoms with E-state index in [1.807, 2.05) is 12.1 Å². The lowest BCUT2D eigenvalue weighted by molar-refractivity contribution is -0.000884. The fraction of sp³-hybridized carbons (Fsp3) is 0.562. The van der Waals surface area contributed by atoms with Crippen LogP contribution in [0, 0.1) is 5.92 Å². The second-order valence-electron chi connectivity index (χ2n) is 5.95. The number of rotatable bonds is 1. The van der Waals surface area contributed by atoms with Crippen molar-refractivity contribution >= 4 is 5.78 Å². The van der Waals surface area contributed by atoms with Crippen molar-refractivity contribution < 1.29 is 14.3 Å². The molecule has 1 aliphatic heterocycles. The van der Waals surface area contributed by atoms with Gasteiger partial charge in [-0.2, -0.15) is 0 Å². The quantitative estimate of drug-likeness (QED) is 0.773. The molecule has 3 rings (SSSR count). The normalized spacial score (nSPS) is 29.8. The molecule has 1 aliphatic carbocycles. The van der Waals surface area contributed by atoms with Gasteiger partial charge in [0.25, 0.3) is 0 Å². The maximum absolute atomic E-state index is 12.4. The summed E-state index contributed by atoms with van der Waals surface area (Å²) >= 11 is 0. The van der Waals surface area contributed by atoms with Crippen LogP contribution in [0.2, 0.25) is 0 Å².